The normalized spacial score (nSPS) is 13.5. The molecule has 2 aromatic rings. The van der Waals surface area contributed by atoms with E-state index in [1.165, 1.54) is 0 Å². The minimum absolute atomic E-state index is 0.00797. The van der Waals surface area contributed by atoms with Crippen LogP contribution < -0.4 is 16.4 Å². The fourth-order valence-corrected chi connectivity index (χ4v) is 5.23. The first kappa shape index (κ1) is 33.6. The van der Waals surface area contributed by atoms with E-state index in [2.05, 4.69) is 10.6 Å². The Morgan fingerprint density at radius 1 is 0.884 bits per heavy atom. The van der Waals surface area contributed by atoms with Crippen molar-refractivity contribution in [2.24, 2.45) is 5.73 Å². The van der Waals surface area contributed by atoms with Crippen LogP contribution in [0, 0.1) is 0 Å². The van der Waals surface area contributed by atoms with E-state index in [-0.39, 0.29) is 43.3 Å². The zero-order valence-electron chi connectivity index (χ0n) is 24.8. The number of benzene rings is 2. The van der Waals surface area contributed by atoms with Crippen molar-refractivity contribution in [2.75, 3.05) is 18.9 Å². The quantitative estimate of drug-likeness (QED) is 0.213. The molecule has 2 amide bonds. The average molecular weight is 614 g/mol. The average Bonchev–Trinajstić information content (AvgIpc) is 3.28. The molecule has 0 aliphatic heterocycles. The third-order valence-electron chi connectivity index (χ3n) is 6.46. The highest BCUT2D eigenvalue weighted by Crippen LogP contribution is 2.44. The van der Waals surface area contributed by atoms with Crippen LogP contribution in [-0.2, 0) is 33.4 Å². The molecule has 2 atom stereocenters. The number of hydrogen-bond donors (Lipinski definition) is 3. The topological polar surface area (TPSA) is 163 Å². The van der Waals surface area contributed by atoms with Gasteiger partial charge in [0.15, 0.2) is 0 Å². The second-order valence-corrected chi connectivity index (χ2v) is 11.6. The fraction of sp³-hybridized carbons (Fsp3) is 0.452. The molecule has 0 heterocycles. The van der Waals surface area contributed by atoms with E-state index in [1.807, 2.05) is 48.5 Å². The van der Waals surface area contributed by atoms with E-state index in [0.717, 1.165) is 34.0 Å². The number of carbonyl (C=O) groups is 5. The van der Waals surface area contributed by atoms with Crippen molar-refractivity contribution >= 4 is 40.8 Å². The maximum atomic E-state index is 12.9. The van der Waals surface area contributed by atoms with E-state index in [0.29, 0.717) is 0 Å². The molecule has 0 aromatic heterocycles. The van der Waals surface area contributed by atoms with Crippen LogP contribution in [0.5, 0.6) is 0 Å². The predicted molar refractivity (Wildman–Crippen MR) is 162 cm³/mol. The number of amides is 2. The monoisotopic (exact) mass is 613 g/mol. The lowest BCUT2D eigenvalue weighted by molar-refractivity contribution is -0.149. The number of esters is 2. The molecule has 0 saturated heterocycles. The lowest BCUT2D eigenvalue weighted by Crippen LogP contribution is -2.50. The van der Waals surface area contributed by atoms with Crippen LogP contribution in [-0.4, -0.2) is 72.3 Å². The number of carbonyl (C=O) groups excluding carboxylic acids is 5. The van der Waals surface area contributed by atoms with E-state index < -0.39 is 47.7 Å². The Bertz CT molecular complexity index is 1270. The molecule has 1 aliphatic rings. The molecule has 12 heteroatoms. The fourth-order valence-electron chi connectivity index (χ4n) is 4.54. The summed E-state index contributed by atoms with van der Waals surface area (Å²) >= 11 is 0.730. The number of fused-ring (bicyclic) bond motifs is 3. The predicted octanol–water partition coefficient (Wildman–Crippen LogP) is 3.28. The molecule has 3 rings (SSSR count). The van der Waals surface area contributed by atoms with Gasteiger partial charge in [-0.2, -0.15) is 0 Å². The first-order chi connectivity index (χ1) is 20.5. The number of nitrogens with one attached hydrogen (secondary N) is 2. The number of rotatable bonds is 14. The number of thioether (sulfide) groups is 1. The van der Waals surface area contributed by atoms with Gasteiger partial charge in [0.05, 0.1) is 12.2 Å². The van der Waals surface area contributed by atoms with Crippen LogP contribution >= 0.6 is 11.8 Å². The largest absolute Gasteiger partial charge is 0.462 e. The smallest absolute Gasteiger partial charge is 0.367 e. The summed E-state index contributed by atoms with van der Waals surface area (Å²) < 4.78 is 15.7. The van der Waals surface area contributed by atoms with E-state index in [4.69, 9.17) is 19.9 Å². The van der Waals surface area contributed by atoms with Crippen molar-refractivity contribution in [2.45, 2.75) is 70.7 Å². The van der Waals surface area contributed by atoms with Gasteiger partial charge in [0, 0.05) is 18.1 Å². The van der Waals surface area contributed by atoms with E-state index >= 15 is 0 Å². The third kappa shape index (κ3) is 10.1. The molecule has 4 N–H and O–H groups in total. The van der Waals surface area contributed by atoms with Crippen LogP contribution in [0.25, 0.3) is 11.1 Å². The van der Waals surface area contributed by atoms with Gasteiger partial charge in [0.25, 0.3) is 0 Å². The van der Waals surface area contributed by atoms with Gasteiger partial charge in [-0.05, 0) is 68.1 Å². The van der Waals surface area contributed by atoms with Gasteiger partial charge in [-0.1, -0.05) is 48.5 Å². The number of nitrogens with two attached hydrogens (primary N) is 1. The highest BCUT2D eigenvalue weighted by molar-refractivity contribution is 8.13. The molecule has 2 aromatic carbocycles. The summed E-state index contributed by atoms with van der Waals surface area (Å²) in [5.41, 5.74) is 10.1. The van der Waals surface area contributed by atoms with Crippen molar-refractivity contribution in [1.82, 2.24) is 10.6 Å². The second-order valence-electron chi connectivity index (χ2n) is 10.6. The van der Waals surface area contributed by atoms with Crippen LogP contribution in [0.1, 0.15) is 57.6 Å². The molecule has 0 radical (unpaired) electrons. The highest BCUT2D eigenvalue weighted by Gasteiger charge is 2.30. The summed E-state index contributed by atoms with van der Waals surface area (Å²) in [6.07, 6.45) is -0.886. The van der Waals surface area contributed by atoms with Gasteiger partial charge in [-0.25, -0.2) is 4.79 Å². The Morgan fingerprint density at radius 2 is 1.47 bits per heavy atom. The molecule has 0 spiro atoms. The second kappa shape index (κ2) is 16.1. The van der Waals surface area contributed by atoms with Crippen LogP contribution in [0.15, 0.2) is 48.5 Å². The Balaban J connectivity index is 1.58. The minimum Gasteiger partial charge on any atom is -0.462 e. The number of ether oxygens (including phenoxy) is 3. The van der Waals surface area contributed by atoms with Crippen LogP contribution in [0.3, 0.4) is 0 Å². The minimum atomic E-state index is -1.18. The van der Waals surface area contributed by atoms with E-state index in [1.54, 1.807) is 27.7 Å². The summed E-state index contributed by atoms with van der Waals surface area (Å²) in [6, 6.07) is 13.7. The maximum absolute atomic E-state index is 12.9. The molecule has 2 unspecified atom stereocenters. The number of hydrogen-bond acceptors (Lipinski definition) is 10. The SMILES string of the molecule is CC(C)OC(=O)CNC(=O)C(CSC(=O)OCC1c2ccccc2-c2ccccc21)NC(=O)CCC(N)C(=O)OC(C)C. The van der Waals surface area contributed by atoms with Crippen molar-refractivity contribution in [3.05, 3.63) is 59.7 Å². The Labute approximate surface area is 255 Å². The molecule has 11 nitrogen and oxygen atoms in total. The standard InChI is InChI=1S/C31H39N3O8S/c1-18(2)41-28(36)15-33-29(37)26(34-27(35)14-13-25(32)30(38)42-19(3)4)17-43-31(39)40-16-24-22-11-7-5-9-20(22)21-10-6-8-12-23(21)24/h5-12,18-19,24-26H,13-17,32H2,1-4H3,(H,33,37)(H,34,35). The molecular formula is C31H39N3O8S. The molecule has 43 heavy (non-hydrogen) atoms. The van der Waals surface area contributed by atoms with Gasteiger partial charge in [-0.15, -0.1) is 0 Å². The lowest BCUT2D eigenvalue weighted by atomic mass is 9.98. The van der Waals surface area contributed by atoms with Crippen molar-refractivity contribution in [3.63, 3.8) is 0 Å². The van der Waals surface area contributed by atoms with Gasteiger partial charge in [0.1, 0.15) is 25.2 Å². The first-order valence-electron chi connectivity index (χ1n) is 14.2. The molecule has 232 valence electrons. The summed E-state index contributed by atoms with van der Waals surface area (Å²) in [7, 11) is 0. The van der Waals surface area contributed by atoms with Gasteiger partial charge >= 0.3 is 17.2 Å². The third-order valence-corrected chi connectivity index (χ3v) is 7.31. The van der Waals surface area contributed by atoms with Crippen molar-refractivity contribution in [1.29, 1.82) is 0 Å². The molecule has 0 bridgehead atoms. The molecular weight excluding hydrogens is 574 g/mol. The van der Waals surface area contributed by atoms with Crippen molar-refractivity contribution in [3.8, 4) is 11.1 Å². The Morgan fingerprint density at radius 3 is 2.05 bits per heavy atom. The highest BCUT2D eigenvalue weighted by atomic mass is 32.2. The van der Waals surface area contributed by atoms with Crippen LogP contribution in [0.4, 0.5) is 4.79 Å². The maximum Gasteiger partial charge on any atom is 0.367 e. The van der Waals surface area contributed by atoms with E-state index in [9.17, 15) is 24.0 Å². The van der Waals surface area contributed by atoms with Gasteiger partial charge < -0.3 is 30.6 Å². The molecule has 0 saturated carbocycles. The first-order valence-corrected chi connectivity index (χ1v) is 15.1. The molecule has 0 fully saturated rings. The lowest BCUT2D eigenvalue weighted by Gasteiger charge is -2.19. The van der Waals surface area contributed by atoms with Gasteiger partial charge in [0.2, 0.25) is 11.8 Å². The summed E-state index contributed by atoms with van der Waals surface area (Å²) in [4.78, 5) is 62.2. The van der Waals surface area contributed by atoms with Crippen molar-refractivity contribution < 1.29 is 38.2 Å². The molecule has 1 aliphatic carbocycles. The zero-order chi connectivity index (χ0) is 31.5. The summed E-state index contributed by atoms with van der Waals surface area (Å²) in [5.74, 6) is -2.81. The summed E-state index contributed by atoms with van der Waals surface area (Å²) in [6.45, 7) is 6.42. The Kier molecular flexibility index (Phi) is 12.6. The Hall–Kier alpha value is -3.90. The summed E-state index contributed by atoms with van der Waals surface area (Å²) in [5, 5.41) is 4.36. The zero-order valence-corrected chi connectivity index (χ0v) is 25.6. The van der Waals surface area contributed by atoms with Crippen LogP contribution in [0.2, 0.25) is 0 Å². The van der Waals surface area contributed by atoms with Gasteiger partial charge in [-0.3, -0.25) is 19.2 Å².